The molecule has 1 aliphatic rings. The van der Waals surface area contributed by atoms with Crippen molar-refractivity contribution >= 4 is 11.6 Å². The number of ether oxygens (including phenoxy) is 1. The molecule has 1 saturated heterocycles. The predicted octanol–water partition coefficient (Wildman–Crippen LogP) is 3.31. The van der Waals surface area contributed by atoms with Gasteiger partial charge in [-0.15, -0.1) is 0 Å². The molecule has 0 saturated carbocycles. The van der Waals surface area contributed by atoms with Gasteiger partial charge in [-0.3, -0.25) is 4.79 Å². The maximum atomic E-state index is 12.1. The van der Waals surface area contributed by atoms with Crippen LogP contribution in [0.15, 0.2) is 18.2 Å². The summed E-state index contributed by atoms with van der Waals surface area (Å²) in [5.41, 5.74) is 3.33. The Morgan fingerprint density at radius 3 is 3.00 bits per heavy atom. The van der Waals surface area contributed by atoms with Crippen LogP contribution < -0.4 is 5.32 Å². The molecular weight excluding hydrogens is 238 g/mol. The van der Waals surface area contributed by atoms with Crippen molar-refractivity contribution in [2.24, 2.45) is 5.92 Å². The molecule has 1 aromatic carbocycles. The summed E-state index contributed by atoms with van der Waals surface area (Å²) in [5, 5.41) is 3.08. The number of anilines is 1. The molecule has 1 amide bonds. The molecule has 1 heterocycles. The van der Waals surface area contributed by atoms with Crippen LogP contribution in [0, 0.1) is 12.8 Å². The van der Waals surface area contributed by atoms with Crippen LogP contribution in [0.25, 0.3) is 0 Å². The SMILES string of the molecule is CCc1cccc(C)c1NC(=O)CC1CCCOC1. The van der Waals surface area contributed by atoms with E-state index < -0.39 is 0 Å². The number of hydrogen-bond donors (Lipinski definition) is 1. The normalized spacial score (nSPS) is 19.2. The van der Waals surface area contributed by atoms with E-state index in [9.17, 15) is 4.79 Å². The van der Waals surface area contributed by atoms with Crippen LogP contribution >= 0.6 is 0 Å². The van der Waals surface area contributed by atoms with E-state index >= 15 is 0 Å². The zero-order valence-electron chi connectivity index (χ0n) is 11.9. The molecule has 3 heteroatoms. The molecule has 2 rings (SSSR count). The molecule has 0 bridgehead atoms. The third kappa shape index (κ3) is 3.80. The smallest absolute Gasteiger partial charge is 0.224 e. The van der Waals surface area contributed by atoms with E-state index in [4.69, 9.17) is 4.74 Å². The summed E-state index contributed by atoms with van der Waals surface area (Å²) in [6.07, 6.45) is 3.67. The number of carbonyl (C=O) groups is 1. The molecule has 3 nitrogen and oxygen atoms in total. The Morgan fingerprint density at radius 1 is 1.47 bits per heavy atom. The molecule has 0 radical (unpaired) electrons. The highest BCUT2D eigenvalue weighted by Gasteiger charge is 2.18. The minimum Gasteiger partial charge on any atom is -0.381 e. The summed E-state index contributed by atoms with van der Waals surface area (Å²) < 4.78 is 5.42. The zero-order valence-corrected chi connectivity index (χ0v) is 11.9. The van der Waals surface area contributed by atoms with Gasteiger partial charge in [0, 0.05) is 25.3 Å². The number of rotatable bonds is 4. The van der Waals surface area contributed by atoms with Gasteiger partial charge >= 0.3 is 0 Å². The molecule has 0 aliphatic carbocycles. The maximum absolute atomic E-state index is 12.1. The van der Waals surface area contributed by atoms with E-state index in [0.717, 1.165) is 43.7 Å². The van der Waals surface area contributed by atoms with Gasteiger partial charge in [0.05, 0.1) is 0 Å². The van der Waals surface area contributed by atoms with Gasteiger partial charge in [0.1, 0.15) is 0 Å². The molecule has 0 aromatic heterocycles. The van der Waals surface area contributed by atoms with Gasteiger partial charge in [-0.25, -0.2) is 0 Å². The molecule has 1 aliphatic heterocycles. The summed E-state index contributed by atoms with van der Waals surface area (Å²) in [7, 11) is 0. The minimum absolute atomic E-state index is 0.111. The quantitative estimate of drug-likeness (QED) is 0.903. The second-order valence-electron chi connectivity index (χ2n) is 5.30. The van der Waals surface area contributed by atoms with E-state index in [2.05, 4.69) is 18.3 Å². The van der Waals surface area contributed by atoms with Gasteiger partial charge in [-0.05, 0) is 43.2 Å². The second-order valence-corrected chi connectivity index (χ2v) is 5.30. The van der Waals surface area contributed by atoms with Crippen LogP contribution in [0.1, 0.15) is 37.3 Å². The molecule has 1 atom stereocenters. The van der Waals surface area contributed by atoms with Crippen molar-refractivity contribution in [1.82, 2.24) is 0 Å². The van der Waals surface area contributed by atoms with Crippen LogP contribution in [0.3, 0.4) is 0 Å². The number of carbonyl (C=O) groups excluding carboxylic acids is 1. The first kappa shape index (κ1) is 14.1. The molecule has 104 valence electrons. The van der Waals surface area contributed by atoms with Crippen molar-refractivity contribution in [2.75, 3.05) is 18.5 Å². The Balaban J connectivity index is 1.98. The first-order chi connectivity index (χ1) is 9.20. The Morgan fingerprint density at radius 2 is 2.32 bits per heavy atom. The van der Waals surface area contributed by atoms with Crippen molar-refractivity contribution in [3.05, 3.63) is 29.3 Å². The summed E-state index contributed by atoms with van der Waals surface area (Å²) in [6.45, 7) is 5.72. The topological polar surface area (TPSA) is 38.3 Å². The van der Waals surface area contributed by atoms with Crippen LogP contribution in [-0.4, -0.2) is 19.1 Å². The zero-order chi connectivity index (χ0) is 13.7. The lowest BCUT2D eigenvalue weighted by atomic mass is 9.98. The highest BCUT2D eigenvalue weighted by molar-refractivity contribution is 5.92. The standard InChI is InChI=1S/C16H23NO2/c1-3-14-8-4-6-12(2)16(14)17-15(18)10-13-7-5-9-19-11-13/h4,6,8,13H,3,5,7,9-11H2,1-2H3,(H,17,18). The van der Waals surface area contributed by atoms with Crippen LogP contribution in [-0.2, 0) is 16.0 Å². The second kappa shape index (κ2) is 6.71. The minimum atomic E-state index is 0.111. The average Bonchev–Trinajstić information content (AvgIpc) is 2.42. The summed E-state index contributed by atoms with van der Waals surface area (Å²) >= 11 is 0. The van der Waals surface area contributed by atoms with Gasteiger partial charge in [0.15, 0.2) is 0 Å². The molecular formula is C16H23NO2. The third-order valence-electron chi connectivity index (χ3n) is 3.73. The lowest BCUT2D eigenvalue weighted by Crippen LogP contribution is -2.24. The van der Waals surface area contributed by atoms with Crippen molar-refractivity contribution in [2.45, 2.75) is 39.5 Å². The fourth-order valence-electron chi connectivity index (χ4n) is 2.62. The monoisotopic (exact) mass is 261 g/mol. The van der Waals surface area contributed by atoms with E-state index in [0.29, 0.717) is 12.3 Å². The van der Waals surface area contributed by atoms with Crippen LogP contribution in [0.5, 0.6) is 0 Å². The fraction of sp³-hybridized carbons (Fsp3) is 0.562. The lowest BCUT2D eigenvalue weighted by Gasteiger charge is -2.22. The van der Waals surface area contributed by atoms with Crippen molar-refractivity contribution in [3.63, 3.8) is 0 Å². The number of amides is 1. The highest BCUT2D eigenvalue weighted by atomic mass is 16.5. The van der Waals surface area contributed by atoms with Crippen molar-refractivity contribution < 1.29 is 9.53 Å². The predicted molar refractivity (Wildman–Crippen MR) is 77.3 cm³/mol. The summed E-state index contributed by atoms with van der Waals surface area (Å²) in [6, 6.07) is 6.16. The Hall–Kier alpha value is -1.35. The fourth-order valence-corrected chi connectivity index (χ4v) is 2.62. The Labute approximate surface area is 115 Å². The first-order valence-electron chi connectivity index (χ1n) is 7.16. The molecule has 19 heavy (non-hydrogen) atoms. The number of hydrogen-bond acceptors (Lipinski definition) is 2. The number of para-hydroxylation sites is 1. The average molecular weight is 261 g/mol. The van der Waals surface area contributed by atoms with E-state index in [-0.39, 0.29) is 5.91 Å². The molecule has 0 spiro atoms. The highest BCUT2D eigenvalue weighted by Crippen LogP contribution is 2.23. The van der Waals surface area contributed by atoms with Crippen molar-refractivity contribution in [1.29, 1.82) is 0 Å². The summed E-state index contributed by atoms with van der Waals surface area (Å²) in [5.74, 6) is 0.488. The molecule has 1 fully saturated rings. The van der Waals surface area contributed by atoms with Gasteiger partial charge in [-0.1, -0.05) is 25.1 Å². The molecule has 1 aromatic rings. The van der Waals surface area contributed by atoms with Gasteiger partial charge in [0.25, 0.3) is 0 Å². The maximum Gasteiger partial charge on any atom is 0.224 e. The van der Waals surface area contributed by atoms with Gasteiger partial charge in [-0.2, -0.15) is 0 Å². The van der Waals surface area contributed by atoms with E-state index in [1.54, 1.807) is 0 Å². The van der Waals surface area contributed by atoms with E-state index in [1.165, 1.54) is 5.56 Å². The molecule has 1 unspecified atom stereocenters. The lowest BCUT2D eigenvalue weighted by molar-refractivity contribution is -0.118. The number of aryl methyl sites for hydroxylation is 2. The Bertz CT molecular complexity index is 436. The van der Waals surface area contributed by atoms with Gasteiger partial charge < -0.3 is 10.1 Å². The third-order valence-corrected chi connectivity index (χ3v) is 3.73. The number of benzene rings is 1. The van der Waals surface area contributed by atoms with E-state index in [1.807, 2.05) is 19.1 Å². The Kier molecular flexibility index (Phi) is 4.97. The summed E-state index contributed by atoms with van der Waals surface area (Å²) in [4.78, 5) is 12.1. The van der Waals surface area contributed by atoms with Crippen LogP contribution in [0.2, 0.25) is 0 Å². The van der Waals surface area contributed by atoms with Crippen LogP contribution in [0.4, 0.5) is 5.69 Å². The number of nitrogens with one attached hydrogen (secondary N) is 1. The molecule has 1 N–H and O–H groups in total. The largest absolute Gasteiger partial charge is 0.381 e. The first-order valence-corrected chi connectivity index (χ1v) is 7.16. The van der Waals surface area contributed by atoms with Crippen molar-refractivity contribution in [3.8, 4) is 0 Å². The van der Waals surface area contributed by atoms with Gasteiger partial charge in [0.2, 0.25) is 5.91 Å².